The maximum atomic E-state index is 2.33. The quantitative estimate of drug-likeness (QED) is 0.526. The van der Waals surface area contributed by atoms with Gasteiger partial charge in [-0.1, -0.05) is 57.2 Å². The van der Waals surface area contributed by atoms with Crippen LogP contribution >= 0.6 is 11.8 Å². The minimum Gasteiger partial charge on any atom is -0.123 e. The van der Waals surface area contributed by atoms with Crippen LogP contribution in [0.2, 0.25) is 0 Å². The Labute approximate surface area is 147 Å². The molecule has 1 aromatic carbocycles. The van der Waals surface area contributed by atoms with Crippen LogP contribution in [0.15, 0.2) is 35.2 Å². The average Bonchev–Trinajstić information content (AvgIpc) is 2.62. The van der Waals surface area contributed by atoms with Crippen LogP contribution in [0.4, 0.5) is 0 Å². The third kappa shape index (κ3) is 5.28. The molecule has 0 amide bonds. The van der Waals surface area contributed by atoms with Gasteiger partial charge in [0.2, 0.25) is 0 Å². The second-order valence-corrected chi connectivity index (χ2v) is 9.26. The van der Waals surface area contributed by atoms with Gasteiger partial charge in [0.05, 0.1) is 0 Å². The lowest BCUT2D eigenvalue weighted by molar-refractivity contribution is 0.164. The van der Waals surface area contributed by atoms with Gasteiger partial charge in [-0.3, -0.25) is 0 Å². The Morgan fingerprint density at radius 2 is 1.43 bits per heavy atom. The van der Waals surface area contributed by atoms with Crippen LogP contribution in [0.25, 0.3) is 0 Å². The molecule has 0 heterocycles. The summed E-state index contributed by atoms with van der Waals surface area (Å²) in [7, 11) is 0. The van der Waals surface area contributed by atoms with Crippen molar-refractivity contribution < 1.29 is 0 Å². The molecule has 0 saturated heterocycles. The van der Waals surface area contributed by atoms with Gasteiger partial charge in [-0.05, 0) is 68.4 Å². The fraction of sp³-hybridized carbons (Fsp3) is 0.727. The maximum absolute atomic E-state index is 2.33. The molecule has 1 heteroatoms. The van der Waals surface area contributed by atoms with Gasteiger partial charge in [-0.15, -0.1) is 11.8 Å². The van der Waals surface area contributed by atoms with Crippen molar-refractivity contribution in [3.8, 4) is 0 Å². The van der Waals surface area contributed by atoms with Crippen molar-refractivity contribution in [2.45, 2.75) is 87.7 Å². The number of rotatable bonds is 6. The van der Waals surface area contributed by atoms with Crippen LogP contribution in [-0.4, -0.2) is 5.25 Å². The number of hydrogen-bond acceptors (Lipinski definition) is 1. The third-order valence-electron chi connectivity index (χ3n) is 6.29. The first kappa shape index (κ1) is 17.4. The van der Waals surface area contributed by atoms with E-state index in [1.54, 1.807) is 0 Å². The van der Waals surface area contributed by atoms with Crippen LogP contribution in [-0.2, 0) is 0 Å². The Morgan fingerprint density at radius 3 is 2.04 bits per heavy atom. The minimum atomic E-state index is 0.870. The van der Waals surface area contributed by atoms with E-state index in [4.69, 9.17) is 0 Å². The summed E-state index contributed by atoms with van der Waals surface area (Å²) in [5.74, 6) is 3.18. The lowest BCUT2D eigenvalue weighted by Crippen LogP contribution is -2.26. The second-order valence-electron chi connectivity index (χ2n) is 7.89. The van der Waals surface area contributed by atoms with Crippen molar-refractivity contribution in [2.24, 2.45) is 17.8 Å². The van der Waals surface area contributed by atoms with Crippen LogP contribution in [0.1, 0.15) is 77.6 Å². The molecule has 0 atom stereocenters. The summed E-state index contributed by atoms with van der Waals surface area (Å²) in [4.78, 5) is 1.47. The zero-order valence-corrected chi connectivity index (χ0v) is 15.7. The summed E-state index contributed by atoms with van der Waals surface area (Å²) in [6.45, 7) is 2.33. The molecule has 0 aromatic heterocycles. The molecular weight excluding hydrogens is 296 g/mol. The lowest BCUT2D eigenvalue weighted by atomic mass is 9.70. The lowest BCUT2D eigenvalue weighted by Gasteiger charge is -2.37. The van der Waals surface area contributed by atoms with Crippen molar-refractivity contribution in [2.75, 3.05) is 0 Å². The van der Waals surface area contributed by atoms with Gasteiger partial charge >= 0.3 is 0 Å². The average molecular weight is 331 g/mol. The summed E-state index contributed by atoms with van der Waals surface area (Å²) in [5, 5.41) is 0.870. The SMILES string of the molecule is CCCCC1CCC(C2CCC(Sc3ccccc3)CC2)CC1. The van der Waals surface area contributed by atoms with E-state index in [2.05, 4.69) is 49.0 Å². The van der Waals surface area contributed by atoms with Gasteiger partial charge in [0, 0.05) is 10.1 Å². The standard InChI is InChI=1S/C22H34S/c1-2-3-7-18-10-12-19(13-11-18)20-14-16-22(17-15-20)23-21-8-5-4-6-9-21/h4-6,8-9,18-20,22H,2-3,7,10-17H2,1H3. The molecule has 2 aliphatic rings. The number of hydrogen-bond donors (Lipinski definition) is 0. The fourth-order valence-electron chi connectivity index (χ4n) is 4.81. The van der Waals surface area contributed by atoms with E-state index in [0.717, 1.165) is 23.0 Å². The van der Waals surface area contributed by atoms with E-state index >= 15 is 0 Å². The number of unbranched alkanes of at least 4 members (excludes halogenated alkanes) is 1. The Kier molecular flexibility index (Phi) is 6.93. The highest BCUT2D eigenvalue weighted by molar-refractivity contribution is 8.00. The molecule has 0 N–H and O–H groups in total. The van der Waals surface area contributed by atoms with Crippen molar-refractivity contribution in [3.63, 3.8) is 0 Å². The Bertz CT molecular complexity index is 425. The normalized spacial score (nSPS) is 31.9. The molecule has 3 rings (SSSR count). The number of benzene rings is 1. The largest absolute Gasteiger partial charge is 0.123 e. The molecule has 0 bridgehead atoms. The van der Waals surface area contributed by atoms with Crippen molar-refractivity contribution in [3.05, 3.63) is 30.3 Å². The Morgan fingerprint density at radius 1 is 0.826 bits per heavy atom. The minimum absolute atomic E-state index is 0.870. The van der Waals surface area contributed by atoms with Crippen LogP contribution in [0.3, 0.4) is 0 Å². The first-order valence-corrected chi connectivity index (χ1v) is 10.9. The van der Waals surface area contributed by atoms with Gasteiger partial charge in [0.15, 0.2) is 0 Å². The van der Waals surface area contributed by atoms with E-state index in [1.807, 2.05) is 0 Å². The highest BCUT2D eigenvalue weighted by Gasteiger charge is 2.30. The summed E-state index contributed by atoms with van der Waals surface area (Å²) >= 11 is 2.12. The van der Waals surface area contributed by atoms with E-state index in [9.17, 15) is 0 Å². The first-order chi connectivity index (χ1) is 11.3. The number of thioether (sulfide) groups is 1. The van der Waals surface area contributed by atoms with E-state index in [0.29, 0.717) is 0 Å². The molecule has 1 aromatic rings. The summed E-state index contributed by atoms with van der Waals surface area (Å²) < 4.78 is 0. The molecule has 0 unspecified atom stereocenters. The summed E-state index contributed by atoms with van der Waals surface area (Å²) in [5.41, 5.74) is 0. The Balaban J connectivity index is 1.38. The van der Waals surface area contributed by atoms with Gasteiger partial charge in [0.25, 0.3) is 0 Å². The highest BCUT2D eigenvalue weighted by atomic mass is 32.2. The maximum Gasteiger partial charge on any atom is 0.00946 e. The van der Waals surface area contributed by atoms with Gasteiger partial charge in [-0.2, -0.15) is 0 Å². The molecule has 2 saturated carbocycles. The molecule has 2 aliphatic carbocycles. The molecule has 0 nitrogen and oxygen atoms in total. The van der Waals surface area contributed by atoms with Gasteiger partial charge < -0.3 is 0 Å². The van der Waals surface area contributed by atoms with Crippen molar-refractivity contribution >= 4 is 11.8 Å². The van der Waals surface area contributed by atoms with Gasteiger partial charge in [-0.25, -0.2) is 0 Å². The Hall–Kier alpha value is -0.430. The summed E-state index contributed by atoms with van der Waals surface area (Å²) in [6, 6.07) is 11.0. The van der Waals surface area contributed by atoms with Crippen molar-refractivity contribution in [1.29, 1.82) is 0 Å². The predicted molar refractivity (Wildman–Crippen MR) is 103 cm³/mol. The molecule has 0 aliphatic heterocycles. The zero-order chi connectivity index (χ0) is 15.9. The molecule has 0 spiro atoms. The molecule has 0 radical (unpaired) electrons. The van der Waals surface area contributed by atoms with Crippen LogP contribution in [0, 0.1) is 17.8 Å². The molecule has 23 heavy (non-hydrogen) atoms. The fourth-order valence-corrected chi connectivity index (χ4v) is 6.02. The second kappa shape index (κ2) is 9.16. The third-order valence-corrected chi connectivity index (χ3v) is 7.64. The monoisotopic (exact) mass is 330 g/mol. The smallest absolute Gasteiger partial charge is 0.00946 e. The predicted octanol–water partition coefficient (Wildman–Crippen LogP) is 7.33. The zero-order valence-electron chi connectivity index (χ0n) is 14.9. The van der Waals surface area contributed by atoms with E-state index < -0.39 is 0 Å². The molecule has 128 valence electrons. The van der Waals surface area contributed by atoms with E-state index in [-0.39, 0.29) is 0 Å². The molecular formula is C22H34S. The van der Waals surface area contributed by atoms with Crippen molar-refractivity contribution in [1.82, 2.24) is 0 Å². The van der Waals surface area contributed by atoms with E-state index in [1.165, 1.54) is 75.5 Å². The summed E-state index contributed by atoms with van der Waals surface area (Å²) in [6.07, 6.45) is 16.4. The van der Waals surface area contributed by atoms with Gasteiger partial charge in [0.1, 0.15) is 0 Å². The topological polar surface area (TPSA) is 0 Å². The van der Waals surface area contributed by atoms with Crippen LogP contribution in [0.5, 0.6) is 0 Å². The first-order valence-electron chi connectivity index (χ1n) is 10.1. The highest BCUT2D eigenvalue weighted by Crippen LogP contribution is 2.43. The van der Waals surface area contributed by atoms with Crippen LogP contribution < -0.4 is 0 Å². The molecule has 2 fully saturated rings.